The maximum atomic E-state index is 6.17. The first-order valence-electron chi connectivity index (χ1n) is 4.76. The number of hydrogen-bond acceptors (Lipinski definition) is 0. The van der Waals surface area contributed by atoms with E-state index >= 15 is 0 Å². The van der Waals surface area contributed by atoms with Gasteiger partial charge in [0.2, 0.25) is 0 Å². The molecule has 0 heterocycles. The monoisotopic (exact) mass is 256 g/mol. The Morgan fingerprint density at radius 2 is 1.60 bits per heavy atom. The normalized spacial score (nSPS) is 13.8. The number of aryl methyl sites for hydroxylation is 2. The topological polar surface area (TPSA) is 0 Å². The summed E-state index contributed by atoms with van der Waals surface area (Å²) in [6.45, 7) is 0. The molecule has 76 valence electrons. The highest BCUT2D eigenvalue weighted by Crippen LogP contribution is 2.42. The van der Waals surface area contributed by atoms with Crippen molar-refractivity contribution in [3.8, 4) is 0 Å². The lowest BCUT2D eigenvalue weighted by molar-refractivity contribution is 1.02. The summed E-state index contributed by atoms with van der Waals surface area (Å²) in [6, 6.07) is 5.77. The van der Waals surface area contributed by atoms with Crippen LogP contribution in [-0.4, -0.2) is 0 Å². The van der Waals surface area contributed by atoms with Gasteiger partial charge in [0.05, 0.1) is 5.02 Å². The molecule has 0 bridgehead atoms. The van der Waals surface area contributed by atoms with Gasteiger partial charge in [0.15, 0.2) is 0 Å². The van der Waals surface area contributed by atoms with Crippen LogP contribution >= 0.6 is 34.8 Å². The molecule has 0 fully saturated rings. The third-order valence-corrected chi connectivity index (χ3v) is 3.92. The molecule has 0 saturated heterocycles. The summed E-state index contributed by atoms with van der Waals surface area (Å²) in [5, 5.41) is 4.23. The van der Waals surface area contributed by atoms with Crippen molar-refractivity contribution < 1.29 is 0 Å². The molecule has 2 aromatic carbocycles. The summed E-state index contributed by atoms with van der Waals surface area (Å²) >= 11 is 18.5. The van der Waals surface area contributed by atoms with Gasteiger partial charge in [-0.25, -0.2) is 0 Å². The molecule has 0 radical (unpaired) electrons. The second kappa shape index (κ2) is 3.28. The van der Waals surface area contributed by atoms with E-state index in [1.54, 1.807) is 6.07 Å². The van der Waals surface area contributed by atoms with E-state index in [0.717, 1.165) is 23.3 Å². The maximum Gasteiger partial charge on any atom is 0.0514 e. The van der Waals surface area contributed by atoms with Crippen molar-refractivity contribution in [3.63, 3.8) is 0 Å². The summed E-state index contributed by atoms with van der Waals surface area (Å²) in [5.41, 5.74) is 2.49. The molecule has 0 aromatic heterocycles. The predicted molar refractivity (Wildman–Crippen MR) is 66.4 cm³/mol. The molecule has 0 unspecified atom stereocenters. The van der Waals surface area contributed by atoms with E-state index in [2.05, 4.69) is 6.07 Å². The molecule has 15 heavy (non-hydrogen) atoms. The second-order valence-electron chi connectivity index (χ2n) is 3.78. The van der Waals surface area contributed by atoms with Crippen LogP contribution in [0.25, 0.3) is 10.8 Å². The zero-order valence-corrected chi connectivity index (χ0v) is 10.0. The van der Waals surface area contributed by atoms with Gasteiger partial charge in [0, 0.05) is 15.4 Å². The van der Waals surface area contributed by atoms with Gasteiger partial charge in [-0.05, 0) is 41.5 Å². The van der Waals surface area contributed by atoms with Crippen LogP contribution in [0.3, 0.4) is 0 Å². The average molecular weight is 258 g/mol. The van der Waals surface area contributed by atoms with Crippen molar-refractivity contribution in [2.75, 3.05) is 0 Å². The summed E-state index contributed by atoms with van der Waals surface area (Å²) in [4.78, 5) is 0. The van der Waals surface area contributed by atoms with Gasteiger partial charge < -0.3 is 0 Å². The molecule has 1 aliphatic rings. The summed E-state index contributed by atoms with van der Waals surface area (Å²) in [6.07, 6.45) is 2.02. The molecule has 0 N–H and O–H groups in total. The summed E-state index contributed by atoms with van der Waals surface area (Å²) in [7, 11) is 0. The average Bonchev–Trinajstić information content (AvgIpc) is 2.60. The molecular formula is C12H7Cl3. The van der Waals surface area contributed by atoms with Gasteiger partial charge >= 0.3 is 0 Å². The highest BCUT2D eigenvalue weighted by molar-refractivity contribution is 6.44. The van der Waals surface area contributed by atoms with Crippen LogP contribution in [0.4, 0.5) is 0 Å². The highest BCUT2D eigenvalue weighted by Gasteiger charge is 2.20. The highest BCUT2D eigenvalue weighted by atomic mass is 35.5. The van der Waals surface area contributed by atoms with Gasteiger partial charge in [0.25, 0.3) is 0 Å². The molecule has 0 atom stereocenters. The zero-order valence-electron chi connectivity index (χ0n) is 7.78. The van der Waals surface area contributed by atoms with Crippen molar-refractivity contribution in [1.29, 1.82) is 0 Å². The van der Waals surface area contributed by atoms with E-state index in [1.807, 2.05) is 6.07 Å². The minimum atomic E-state index is 0.646. The van der Waals surface area contributed by atoms with E-state index < -0.39 is 0 Å². The summed E-state index contributed by atoms with van der Waals surface area (Å²) in [5.74, 6) is 0. The van der Waals surface area contributed by atoms with Crippen LogP contribution in [-0.2, 0) is 12.8 Å². The van der Waals surface area contributed by atoms with Crippen LogP contribution < -0.4 is 0 Å². The Morgan fingerprint density at radius 1 is 0.800 bits per heavy atom. The standard InChI is InChI=1S/C12H7Cl3/c13-8-4-2-6-1-3-7-9(14)5-10(15)12(8)11(6)7/h2,4-5H,1,3H2. The van der Waals surface area contributed by atoms with E-state index in [4.69, 9.17) is 34.8 Å². The fourth-order valence-electron chi connectivity index (χ4n) is 2.30. The fraction of sp³-hybridized carbons (Fsp3) is 0.167. The molecular weight excluding hydrogens is 250 g/mol. The van der Waals surface area contributed by atoms with Crippen molar-refractivity contribution in [2.45, 2.75) is 12.8 Å². The molecule has 0 saturated carbocycles. The number of halogens is 3. The van der Waals surface area contributed by atoms with Gasteiger partial charge in [-0.3, -0.25) is 0 Å². The van der Waals surface area contributed by atoms with Crippen LogP contribution in [0.15, 0.2) is 18.2 Å². The van der Waals surface area contributed by atoms with Crippen molar-refractivity contribution >= 4 is 45.6 Å². The lowest BCUT2D eigenvalue weighted by atomic mass is 10.1. The Labute approximate surface area is 103 Å². The molecule has 0 aliphatic heterocycles. The van der Waals surface area contributed by atoms with Gasteiger partial charge in [-0.15, -0.1) is 0 Å². The molecule has 3 heteroatoms. The van der Waals surface area contributed by atoms with E-state index in [1.165, 1.54) is 16.5 Å². The Hall–Kier alpha value is -0.430. The minimum Gasteiger partial charge on any atom is -0.0840 e. The molecule has 0 amide bonds. The van der Waals surface area contributed by atoms with Gasteiger partial charge in [0.1, 0.15) is 0 Å². The Bertz CT molecular complexity index is 573. The summed E-state index contributed by atoms with van der Waals surface area (Å²) < 4.78 is 0. The van der Waals surface area contributed by atoms with Crippen LogP contribution in [0.5, 0.6) is 0 Å². The third-order valence-electron chi connectivity index (χ3n) is 2.97. The Kier molecular flexibility index (Phi) is 2.14. The minimum absolute atomic E-state index is 0.646. The molecule has 0 spiro atoms. The first-order chi connectivity index (χ1) is 7.18. The van der Waals surface area contributed by atoms with Gasteiger partial charge in [-0.1, -0.05) is 40.9 Å². The first kappa shape index (κ1) is 9.77. The molecule has 2 aromatic rings. The number of benzene rings is 2. The lowest BCUT2D eigenvalue weighted by Crippen LogP contribution is -1.83. The van der Waals surface area contributed by atoms with Crippen molar-refractivity contribution in [1.82, 2.24) is 0 Å². The Balaban J connectivity index is 2.60. The third kappa shape index (κ3) is 1.29. The fourth-order valence-corrected chi connectivity index (χ4v) is 3.27. The zero-order chi connectivity index (χ0) is 10.6. The van der Waals surface area contributed by atoms with E-state index in [0.29, 0.717) is 10.0 Å². The van der Waals surface area contributed by atoms with Crippen molar-refractivity contribution in [2.24, 2.45) is 0 Å². The largest absolute Gasteiger partial charge is 0.0840 e. The van der Waals surface area contributed by atoms with Crippen LogP contribution in [0, 0.1) is 0 Å². The van der Waals surface area contributed by atoms with Gasteiger partial charge in [-0.2, -0.15) is 0 Å². The Morgan fingerprint density at radius 3 is 2.40 bits per heavy atom. The van der Waals surface area contributed by atoms with Crippen LogP contribution in [0.1, 0.15) is 11.1 Å². The van der Waals surface area contributed by atoms with E-state index in [-0.39, 0.29) is 0 Å². The van der Waals surface area contributed by atoms with Crippen molar-refractivity contribution in [3.05, 3.63) is 44.4 Å². The molecule has 3 rings (SSSR count). The van der Waals surface area contributed by atoms with E-state index in [9.17, 15) is 0 Å². The SMILES string of the molecule is Clc1cc(Cl)c2c(Cl)ccc3c2c1CC3. The lowest BCUT2D eigenvalue weighted by Gasteiger charge is -2.07. The molecule has 0 nitrogen and oxygen atoms in total. The smallest absolute Gasteiger partial charge is 0.0514 e. The van der Waals surface area contributed by atoms with Crippen LogP contribution in [0.2, 0.25) is 15.1 Å². The first-order valence-corrected chi connectivity index (χ1v) is 5.90. The number of hydrogen-bond donors (Lipinski definition) is 0. The quantitative estimate of drug-likeness (QED) is 0.630. The second-order valence-corrected chi connectivity index (χ2v) is 5.00. The maximum absolute atomic E-state index is 6.17. The number of rotatable bonds is 0. The molecule has 1 aliphatic carbocycles. The predicted octanol–water partition coefficient (Wildman–Crippen LogP) is 4.90.